The molecule has 1 aliphatic heterocycles. The summed E-state index contributed by atoms with van der Waals surface area (Å²) in [5, 5.41) is 7.37. The van der Waals surface area contributed by atoms with Gasteiger partial charge in [-0.1, -0.05) is 0 Å². The zero-order valence-corrected chi connectivity index (χ0v) is 18.6. The predicted molar refractivity (Wildman–Crippen MR) is 122 cm³/mol. The van der Waals surface area contributed by atoms with Gasteiger partial charge in [0.1, 0.15) is 12.1 Å². The first-order valence-electron chi connectivity index (χ1n) is 11.0. The molecule has 3 aromatic rings. The van der Waals surface area contributed by atoms with Gasteiger partial charge in [0, 0.05) is 53.7 Å². The molecule has 9 nitrogen and oxygen atoms in total. The first-order valence-corrected chi connectivity index (χ1v) is 11.0. The number of hydrogen-bond acceptors (Lipinski definition) is 8. The molecule has 1 aliphatic carbocycles. The van der Waals surface area contributed by atoms with Gasteiger partial charge in [0.25, 0.3) is 5.91 Å². The fourth-order valence-corrected chi connectivity index (χ4v) is 4.81. The largest absolute Gasteiger partial charge is 0.467 e. The number of amides is 1. The molecule has 1 amide bonds. The molecular weight excluding hydrogens is 406 g/mol. The highest BCUT2D eigenvalue weighted by Crippen LogP contribution is 2.31. The van der Waals surface area contributed by atoms with Crippen molar-refractivity contribution in [2.24, 2.45) is 0 Å². The van der Waals surface area contributed by atoms with Gasteiger partial charge in [0.05, 0.1) is 18.2 Å². The lowest BCUT2D eigenvalue weighted by Gasteiger charge is -2.38. The summed E-state index contributed by atoms with van der Waals surface area (Å²) in [6, 6.07) is 4.76. The number of rotatable bonds is 4. The molecule has 2 atom stereocenters. The normalized spacial score (nSPS) is 20.3. The van der Waals surface area contributed by atoms with Gasteiger partial charge in [-0.25, -0.2) is 15.0 Å². The molecule has 166 valence electrons. The summed E-state index contributed by atoms with van der Waals surface area (Å²) in [7, 11) is 1.52. The maximum Gasteiger partial charge on any atom is 0.316 e. The molecule has 2 N–H and O–H groups in total. The lowest BCUT2D eigenvalue weighted by Crippen LogP contribution is -2.54. The molecule has 2 aromatic heterocycles. The van der Waals surface area contributed by atoms with Crippen molar-refractivity contribution < 1.29 is 9.53 Å². The van der Waals surface area contributed by atoms with Crippen molar-refractivity contribution in [2.75, 3.05) is 30.4 Å². The van der Waals surface area contributed by atoms with Gasteiger partial charge in [0.15, 0.2) is 0 Å². The second-order valence-electron chi connectivity index (χ2n) is 8.58. The molecule has 0 bridgehead atoms. The molecule has 2 aliphatic rings. The zero-order chi connectivity index (χ0) is 22.2. The molecule has 0 radical (unpaired) electrons. The monoisotopic (exact) mass is 433 g/mol. The SMILES string of the molecule is COc1ncc2c(N3CC(C)NC(C)C3)ccc(C(=O)Nc3ncnc4c3CCC4)c2n1. The zero-order valence-electron chi connectivity index (χ0n) is 18.6. The Morgan fingerprint density at radius 2 is 1.97 bits per heavy atom. The minimum atomic E-state index is -0.253. The molecule has 5 rings (SSSR count). The molecule has 1 aromatic carbocycles. The highest BCUT2D eigenvalue weighted by Gasteiger charge is 2.25. The Kier molecular flexibility index (Phi) is 5.34. The number of fused-ring (bicyclic) bond motifs is 2. The lowest BCUT2D eigenvalue weighted by molar-refractivity contribution is 0.102. The standard InChI is InChI=1S/C23H27N7O2/c1-13-10-30(11-14(2)27-13)19-8-7-16(20-17(19)9-24-23(28-20)32-3)22(31)29-21-15-5-4-6-18(15)25-12-26-21/h7-9,12-14,27H,4-6,10-11H2,1-3H3,(H,25,26,29,31). The minimum Gasteiger partial charge on any atom is -0.467 e. The molecule has 0 spiro atoms. The van der Waals surface area contributed by atoms with E-state index in [1.165, 1.54) is 13.4 Å². The molecule has 0 saturated carbocycles. The van der Waals surface area contributed by atoms with Gasteiger partial charge in [-0.15, -0.1) is 0 Å². The number of hydrogen-bond donors (Lipinski definition) is 2. The summed E-state index contributed by atoms with van der Waals surface area (Å²) < 4.78 is 5.26. The van der Waals surface area contributed by atoms with Gasteiger partial charge in [-0.3, -0.25) is 4.79 Å². The Morgan fingerprint density at radius 1 is 1.16 bits per heavy atom. The van der Waals surface area contributed by atoms with Gasteiger partial charge in [0.2, 0.25) is 0 Å². The van der Waals surface area contributed by atoms with Crippen LogP contribution in [0, 0.1) is 0 Å². The van der Waals surface area contributed by atoms with E-state index < -0.39 is 0 Å². The second-order valence-corrected chi connectivity index (χ2v) is 8.58. The number of piperazine rings is 1. The highest BCUT2D eigenvalue weighted by molar-refractivity contribution is 6.13. The number of ether oxygens (including phenoxy) is 1. The molecule has 32 heavy (non-hydrogen) atoms. The Balaban J connectivity index is 1.55. The van der Waals surface area contributed by atoms with E-state index in [0.29, 0.717) is 29.0 Å². The number of methoxy groups -OCH3 is 1. The first kappa shape index (κ1) is 20.6. The van der Waals surface area contributed by atoms with Gasteiger partial charge in [-0.2, -0.15) is 4.98 Å². The predicted octanol–water partition coefficient (Wildman–Crippen LogP) is 2.36. The smallest absolute Gasteiger partial charge is 0.316 e. The van der Waals surface area contributed by atoms with Crippen LogP contribution in [0.4, 0.5) is 11.5 Å². The topological polar surface area (TPSA) is 105 Å². The number of carbonyl (C=O) groups is 1. The van der Waals surface area contributed by atoms with Crippen LogP contribution in [0.1, 0.15) is 41.9 Å². The van der Waals surface area contributed by atoms with E-state index in [1.807, 2.05) is 12.1 Å². The highest BCUT2D eigenvalue weighted by atomic mass is 16.5. The van der Waals surface area contributed by atoms with Crippen LogP contribution in [-0.4, -0.2) is 58.1 Å². The van der Waals surface area contributed by atoms with Gasteiger partial charge >= 0.3 is 6.01 Å². The summed E-state index contributed by atoms with van der Waals surface area (Å²) >= 11 is 0. The summed E-state index contributed by atoms with van der Waals surface area (Å²) in [4.78, 5) is 33.2. The van der Waals surface area contributed by atoms with E-state index in [1.54, 1.807) is 6.20 Å². The molecule has 1 fully saturated rings. The van der Waals surface area contributed by atoms with E-state index in [0.717, 1.165) is 54.7 Å². The number of carbonyl (C=O) groups excluding carboxylic acids is 1. The molecule has 2 unspecified atom stereocenters. The quantitative estimate of drug-likeness (QED) is 0.646. The molecular formula is C23H27N7O2. The summed E-state index contributed by atoms with van der Waals surface area (Å²) in [5.41, 5.74) is 4.09. The van der Waals surface area contributed by atoms with E-state index in [2.05, 4.69) is 49.3 Å². The van der Waals surface area contributed by atoms with Gasteiger partial charge < -0.3 is 20.3 Å². The fraction of sp³-hybridized carbons (Fsp3) is 0.435. The summed E-state index contributed by atoms with van der Waals surface area (Å²) in [6.45, 7) is 6.08. The number of anilines is 2. The summed E-state index contributed by atoms with van der Waals surface area (Å²) in [5.74, 6) is 0.331. The third-order valence-corrected chi connectivity index (χ3v) is 6.14. The molecule has 3 heterocycles. The fourth-order valence-electron chi connectivity index (χ4n) is 4.81. The minimum absolute atomic E-state index is 0.230. The van der Waals surface area contributed by atoms with Crippen LogP contribution in [0.2, 0.25) is 0 Å². The van der Waals surface area contributed by atoms with E-state index >= 15 is 0 Å². The third kappa shape index (κ3) is 3.73. The number of nitrogens with zero attached hydrogens (tertiary/aromatic N) is 5. The Bertz CT molecular complexity index is 1170. The van der Waals surface area contributed by atoms with Crippen LogP contribution >= 0.6 is 0 Å². The second kappa shape index (κ2) is 8.31. The Labute approximate surface area is 186 Å². The van der Waals surface area contributed by atoms with Crippen molar-refractivity contribution in [3.63, 3.8) is 0 Å². The van der Waals surface area contributed by atoms with Crippen LogP contribution < -0.4 is 20.3 Å². The van der Waals surface area contributed by atoms with Crippen molar-refractivity contribution in [2.45, 2.75) is 45.2 Å². The van der Waals surface area contributed by atoms with Crippen molar-refractivity contribution in [3.05, 3.63) is 41.5 Å². The van der Waals surface area contributed by atoms with Gasteiger partial charge in [-0.05, 0) is 45.2 Å². The Morgan fingerprint density at radius 3 is 2.75 bits per heavy atom. The van der Waals surface area contributed by atoms with Crippen LogP contribution in [0.3, 0.4) is 0 Å². The van der Waals surface area contributed by atoms with Crippen LogP contribution in [0.15, 0.2) is 24.7 Å². The van der Waals surface area contributed by atoms with Crippen molar-refractivity contribution in [1.29, 1.82) is 0 Å². The van der Waals surface area contributed by atoms with E-state index in [-0.39, 0.29) is 11.9 Å². The van der Waals surface area contributed by atoms with Crippen molar-refractivity contribution >= 4 is 28.3 Å². The van der Waals surface area contributed by atoms with Crippen LogP contribution in [-0.2, 0) is 12.8 Å². The third-order valence-electron chi connectivity index (χ3n) is 6.14. The van der Waals surface area contributed by atoms with Crippen molar-refractivity contribution in [3.8, 4) is 6.01 Å². The first-order chi connectivity index (χ1) is 15.5. The summed E-state index contributed by atoms with van der Waals surface area (Å²) in [6.07, 6.45) is 6.08. The van der Waals surface area contributed by atoms with E-state index in [9.17, 15) is 4.79 Å². The average molecular weight is 434 g/mol. The number of nitrogens with one attached hydrogen (secondary N) is 2. The number of aryl methyl sites for hydroxylation is 1. The average Bonchev–Trinajstić information content (AvgIpc) is 3.27. The lowest BCUT2D eigenvalue weighted by atomic mass is 10.0. The molecule has 1 saturated heterocycles. The van der Waals surface area contributed by atoms with Crippen molar-refractivity contribution in [1.82, 2.24) is 25.3 Å². The van der Waals surface area contributed by atoms with Crippen LogP contribution in [0.5, 0.6) is 6.01 Å². The maximum absolute atomic E-state index is 13.3. The van der Waals surface area contributed by atoms with Crippen LogP contribution in [0.25, 0.3) is 10.9 Å². The number of benzene rings is 1. The maximum atomic E-state index is 13.3. The van der Waals surface area contributed by atoms with E-state index in [4.69, 9.17) is 4.74 Å². The number of aromatic nitrogens is 4. The Hall–Kier alpha value is -3.33. The molecule has 9 heteroatoms.